The summed E-state index contributed by atoms with van der Waals surface area (Å²) in [6.45, 7) is 1.81. The summed E-state index contributed by atoms with van der Waals surface area (Å²) in [6, 6.07) is 13.1. The van der Waals surface area contributed by atoms with E-state index in [1.165, 1.54) is 12.1 Å². The van der Waals surface area contributed by atoms with Gasteiger partial charge in [0, 0.05) is 6.04 Å². The Morgan fingerprint density at radius 1 is 1.16 bits per heavy atom. The van der Waals surface area contributed by atoms with E-state index in [-0.39, 0.29) is 11.9 Å². The fraction of sp³-hybridized carbons (Fsp3) is 0.200. The zero-order valence-electron chi connectivity index (χ0n) is 10.5. The van der Waals surface area contributed by atoms with Gasteiger partial charge in [-0.3, -0.25) is 0 Å². The molecule has 19 heavy (non-hydrogen) atoms. The SMILES string of the molecule is CC(N)C(Oc1ccccc1Cl)c1cccc(F)c1. The third-order valence-corrected chi connectivity index (χ3v) is 3.06. The highest BCUT2D eigenvalue weighted by Gasteiger charge is 2.19. The van der Waals surface area contributed by atoms with E-state index >= 15 is 0 Å². The second kappa shape index (κ2) is 6.04. The molecule has 2 atom stereocenters. The molecule has 2 N–H and O–H groups in total. The van der Waals surface area contributed by atoms with Crippen LogP contribution in [0.3, 0.4) is 0 Å². The Hall–Kier alpha value is -1.58. The lowest BCUT2D eigenvalue weighted by atomic mass is 10.0. The van der Waals surface area contributed by atoms with Gasteiger partial charge in [-0.25, -0.2) is 4.39 Å². The van der Waals surface area contributed by atoms with Gasteiger partial charge in [-0.05, 0) is 36.8 Å². The molecule has 2 unspecified atom stereocenters. The highest BCUT2D eigenvalue weighted by molar-refractivity contribution is 6.32. The lowest BCUT2D eigenvalue weighted by Gasteiger charge is -2.23. The molecule has 0 saturated heterocycles. The monoisotopic (exact) mass is 279 g/mol. The first-order valence-corrected chi connectivity index (χ1v) is 6.38. The first-order chi connectivity index (χ1) is 9.08. The number of hydrogen-bond acceptors (Lipinski definition) is 2. The van der Waals surface area contributed by atoms with Crippen LogP contribution in [0, 0.1) is 5.82 Å². The minimum Gasteiger partial charge on any atom is -0.483 e. The van der Waals surface area contributed by atoms with Crippen molar-refractivity contribution < 1.29 is 9.13 Å². The molecule has 2 aromatic carbocycles. The zero-order valence-corrected chi connectivity index (χ0v) is 11.3. The Bertz CT molecular complexity index is 559. The molecule has 2 nitrogen and oxygen atoms in total. The van der Waals surface area contributed by atoms with Gasteiger partial charge in [0.15, 0.2) is 0 Å². The third-order valence-electron chi connectivity index (χ3n) is 2.75. The lowest BCUT2D eigenvalue weighted by Crippen LogP contribution is -2.29. The minimum absolute atomic E-state index is 0.293. The van der Waals surface area contributed by atoms with Crippen molar-refractivity contribution in [2.45, 2.75) is 19.1 Å². The highest BCUT2D eigenvalue weighted by Crippen LogP contribution is 2.30. The molecular weight excluding hydrogens is 265 g/mol. The van der Waals surface area contributed by atoms with Gasteiger partial charge in [0.2, 0.25) is 0 Å². The normalized spacial score (nSPS) is 13.9. The fourth-order valence-corrected chi connectivity index (χ4v) is 2.02. The van der Waals surface area contributed by atoms with Gasteiger partial charge in [0.1, 0.15) is 17.7 Å². The third kappa shape index (κ3) is 3.46. The van der Waals surface area contributed by atoms with Crippen molar-refractivity contribution in [2.24, 2.45) is 5.73 Å². The van der Waals surface area contributed by atoms with Gasteiger partial charge < -0.3 is 10.5 Å². The maximum Gasteiger partial charge on any atom is 0.139 e. The van der Waals surface area contributed by atoms with E-state index in [2.05, 4.69) is 0 Å². The van der Waals surface area contributed by atoms with Crippen LogP contribution in [-0.2, 0) is 0 Å². The average molecular weight is 280 g/mol. The molecule has 0 heterocycles. The van der Waals surface area contributed by atoms with E-state index in [0.29, 0.717) is 16.3 Å². The van der Waals surface area contributed by atoms with Crippen molar-refractivity contribution in [3.8, 4) is 5.75 Å². The second-order valence-electron chi connectivity index (χ2n) is 4.38. The molecule has 100 valence electrons. The number of ether oxygens (including phenoxy) is 1. The first-order valence-electron chi connectivity index (χ1n) is 6.00. The zero-order chi connectivity index (χ0) is 13.8. The largest absolute Gasteiger partial charge is 0.483 e. The first kappa shape index (κ1) is 13.8. The quantitative estimate of drug-likeness (QED) is 0.920. The number of halogens is 2. The van der Waals surface area contributed by atoms with Crippen molar-refractivity contribution in [1.29, 1.82) is 0 Å². The van der Waals surface area contributed by atoms with Crippen LogP contribution in [0.15, 0.2) is 48.5 Å². The topological polar surface area (TPSA) is 35.2 Å². The molecule has 0 radical (unpaired) electrons. The number of para-hydroxylation sites is 1. The van der Waals surface area contributed by atoms with Crippen molar-refractivity contribution >= 4 is 11.6 Å². The van der Waals surface area contributed by atoms with Crippen LogP contribution in [0.1, 0.15) is 18.6 Å². The van der Waals surface area contributed by atoms with Gasteiger partial charge in [-0.1, -0.05) is 35.9 Å². The van der Waals surface area contributed by atoms with Gasteiger partial charge in [0.05, 0.1) is 5.02 Å². The van der Waals surface area contributed by atoms with Crippen LogP contribution in [0.5, 0.6) is 5.75 Å². The van der Waals surface area contributed by atoms with E-state index in [4.69, 9.17) is 22.1 Å². The summed E-state index contributed by atoms with van der Waals surface area (Å²) in [4.78, 5) is 0. The summed E-state index contributed by atoms with van der Waals surface area (Å²) >= 11 is 6.05. The van der Waals surface area contributed by atoms with E-state index in [0.717, 1.165) is 0 Å². The van der Waals surface area contributed by atoms with Crippen molar-refractivity contribution in [3.63, 3.8) is 0 Å². The summed E-state index contributed by atoms with van der Waals surface area (Å²) in [5.41, 5.74) is 6.62. The number of nitrogens with two attached hydrogens (primary N) is 1. The molecule has 0 aliphatic rings. The van der Waals surface area contributed by atoms with Crippen LogP contribution in [-0.4, -0.2) is 6.04 Å². The fourth-order valence-electron chi connectivity index (χ4n) is 1.84. The highest BCUT2D eigenvalue weighted by atomic mass is 35.5. The Morgan fingerprint density at radius 2 is 1.89 bits per heavy atom. The summed E-state index contributed by atoms with van der Waals surface area (Å²) in [5, 5.41) is 0.504. The van der Waals surface area contributed by atoms with E-state index in [9.17, 15) is 4.39 Å². The molecule has 0 aliphatic heterocycles. The van der Waals surface area contributed by atoms with Gasteiger partial charge >= 0.3 is 0 Å². The van der Waals surface area contributed by atoms with Gasteiger partial charge in [-0.15, -0.1) is 0 Å². The van der Waals surface area contributed by atoms with Crippen LogP contribution in [0.2, 0.25) is 5.02 Å². The van der Waals surface area contributed by atoms with Gasteiger partial charge in [-0.2, -0.15) is 0 Å². The van der Waals surface area contributed by atoms with Crippen molar-refractivity contribution in [3.05, 3.63) is 64.9 Å². The van der Waals surface area contributed by atoms with Gasteiger partial charge in [0.25, 0.3) is 0 Å². The molecule has 0 saturated carbocycles. The Labute approximate surface area is 117 Å². The van der Waals surface area contributed by atoms with Crippen LogP contribution in [0.4, 0.5) is 4.39 Å². The Morgan fingerprint density at radius 3 is 2.53 bits per heavy atom. The molecule has 0 aromatic heterocycles. The predicted molar refractivity (Wildman–Crippen MR) is 74.9 cm³/mol. The summed E-state index contributed by atoms with van der Waals surface area (Å²) in [5.74, 6) is 0.224. The molecule has 0 amide bonds. The molecule has 0 fully saturated rings. The number of rotatable bonds is 4. The van der Waals surface area contributed by atoms with E-state index in [1.807, 2.05) is 19.1 Å². The van der Waals surface area contributed by atoms with Crippen LogP contribution >= 0.6 is 11.6 Å². The van der Waals surface area contributed by atoms with E-state index < -0.39 is 6.10 Å². The minimum atomic E-state index is -0.449. The molecule has 0 bridgehead atoms. The molecule has 2 aromatic rings. The molecule has 2 rings (SSSR count). The smallest absolute Gasteiger partial charge is 0.139 e. The maximum atomic E-state index is 13.3. The van der Waals surface area contributed by atoms with Crippen LogP contribution < -0.4 is 10.5 Å². The average Bonchev–Trinajstić information content (AvgIpc) is 2.37. The lowest BCUT2D eigenvalue weighted by molar-refractivity contribution is 0.180. The maximum absolute atomic E-state index is 13.3. The summed E-state index contributed by atoms with van der Waals surface area (Å²) in [7, 11) is 0. The Kier molecular flexibility index (Phi) is 4.40. The molecular formula is C15H15ClFNO. The second-order valence-corrected chi connectivity index (χ2v) is 4.79. The number of benzene rings is 2. The molecule has 0 spiro atoms. The van der Waals surface area contributed by atoms with Crippen LogP contribution in [0.25, 0.3) is 0 Å². The Balaban J connectivity index is 2.29. The van der Waals surface area contributed by atoms with E-state index in [1.54, 1.807) is 24.3 Å². The molecule has 0 aliphatic carbocycles. The summed E-state index contributed by atoms with van der Waals surface area (Å²) < 4.78 is 19.1. The summed E-state index contributed by atoms with van der Waals surface area (Å²) in [6.07, 6.45) is -0.449. The number of hydrogen-bond donors (Lipinski definition) is 1. The predicted octanol–water partition coefficient (Wildman–Crippen LogP) is 3.95. The molecule has 4 heteroatoms. The van der Waals surface area contributed by atoms with Crippen molar-refractivity contribution in [2.75, 3.05) is 0 Å². The van der Waals surface area contributed by atoms with Crippen molar-refractivity contribution in [1.82, 2.24) is 0 Å². The standard InChI is InChI=1S/C15H15ClFNO/c1-10(18)15(11-5-4-6-12(17)9-11)19-14-8-3-2-7-13(14)16/h2-10,15H,18H2,1H3.